The second kappa shape index (κ2) is 8.94. The topological polar surface area (TPSA) is 48.6 Å². The van der Waals surface area contributed by atoms with Crippen molar-refractivity contribution in [2.24, 2.45) is 5.41 Å². The molecule has 2 aliphatic rings. The zero-order valence-corrected chi connectivity index (χ0v) is 18.6. The Hall–Kier alpha value is -2.11. The molecule has 5 heteroatoms. The summed E-state index contributed by atoms with van der Waals surface area (Å²) in [7, 11) is 1.53. The summed E-state index contributed by atoms with van der Waals surface area (Å²) in [5, 5.41) is 0. The lowest BCUT2D eigenvalue weighted by molar-refractivity contribution is 0.0865. The smallest absolute Gasteiger partial charge is 0.223 e. The number of pyridine rings is 1. The van der Waals surface area contributed by atoms with Crippen LogP contribution in [-0.4, -0.2) is 48.1 Å². The van der Waals surface area contributed by atoms with Gasteiger partial charge in [-0.3, -0.25) is 14.6 Å². The molecule has 3 heterocycles. The van der Waals surface area contributed by atoms with Crippen molar-refractivity contribution in [2.75, 3.05) is 33.3 Å². The first-order chi connectivity index (χ1) is 14.5. The highest BCUT2D eigenvalue weighted by Crippen LogP contribution is 2.39. The third-order valence-electron chi connectivity index (χ3n) is 6.86. The number of hydrogen-bond donors (Lipinski definition) is 1. The fourth-order valence-electron chi connectivity index (χ4n) is 5.20. The Labute approximate surface area is 180 Å². The van der Waals surface area contributed by atoms with Crippen molar-refractivity contribution in [1.29, 1.82) is 0 Å². The van der Waals surface area contributed by atoms with Gasteiger partial charge in [0.1, 0.15) is 0 Å². The van der Waals surface area contributed by atoms with E-state index in [1.54, 1.807) is 12.3 Å². The van der Waals surface area contributed by atoms with Crippen LogP contribution in [0.3, 0.4) is 0 Å². The highest BCUT2D eigenvalue weighted by atomic mass is 16.5. The lowest BCUT2D eigenvalue weighted by Gasteiger charge is -2.40. The van der Waals surface area contributed by atoms with Gasteiger partial charge in [-0.25, -0.2) is 0 Å². The molecule has 2 aromatic rings. The number of nitrogens with zero attached hydrogens (tertiary/aromatic N) is 2. The number of likely N-dealkylation sites (tertiary alicyclic amines) is 2. The maximum absolute atomic E-state index is 12.0. The molecule has 0 aliphatic carbocycles. The number of aromatic amines is 1. The molecule has 0 amide bonds. The highest BCUT2D eigenvalue weighted by Gasteiger charge is 2.41. The first-order valence-corrected chi connectivity index (χ1v) is 11.3. The Morgan fingerprint density at radius 2 is 1.80 bits per heavy atom. The van der Waals surface area contributed by atoms with Gasteiger partial charge in [-0.1, -0.05) is 38.1 Å². The SMILES string of the molecule is COc1c[nH]c(CN2CC[C@]3(CCCN(Cc4ccc(C(C)C)cc4)C3)C2)cc1=O. The van der Waals surface area contributed by atoms with Crippen LogP contribution in [0.15, 0.2) is 41.3 Å². The number of rotatable bonds is 6. The third-order valence-corrected chi connectivity index (χ3v) is 6.86. The zero-order valence-electron chi connectivity index (χ0n) is 18.6. The Bertz CT molecular complexity index is 905. The van der Waals surface area contributed by atoms with Crippen LogP contribution in [0, 0.1) is 5.41 Å². The number of ether oxygens (including phenoxy) is 1. The van der Waals surface area contributed by atoms with E-state index in [9.17, 15) is 4.79 Å². The van der Waals surface area contributed by atoms with Crippen LogP contribution in [0.5, 0.6) is 5.75 Å². The highest BCUT2D eigenvalue weighted by molar-refractivity contribution is 5.25. The molecular formula is C25H35N3O2. The van der Waals surface area contributed by atoms with Crippen molar-refractivity contribution >= 4 is 0 Å². The molecule has 0 bridgehead atoms. The van der Waals surface area contributed by atoms with Crippen molar-refractivity contribution in [1.82, 2.24) is 14.8 Å². The summed E-state index contributed by atoms with van der Waals surface area (Å²) in [6.07, 6.45) is 5.51. The average Bonchev–Trinajstić information content (AvgIpc) is 3.10. The molecule has 2 aliphatic heterocycles. The summed E-state index contributed by atoms with van der Waals surface area (Å²) in [5.41, 5.74) is 4.14. The minimum atomic E-state index is -0.0486. The van der Waals surface area contributed by atoms with E-state index in [0.717, 1.165) is 31.9 Å². The van der Waals surface area contributed by atoms with Gasteiger partial charge in [-0.2, -0.15) is 0 Å². The standard InChI is InChI=1S/C25H35N3O2/c1-19(2)21-7-5-20(6-8-21)15-27-11-4-9-25(17-27)10-12-28(18-25)16-22-13-23(29)24(30-3)14-26-22/h5-8,13-14,19H,4,9-12,15-18H2,1-3H3,(H,26,29)/t25-/m0/s1. The minimum absolute atomic E-state index is 0.0486. The van der Waals surface area contributed by atoms with Crippen molar-refractivity contribution in [3.05, 3.63) is 63.6 Å². The maximum Gasteiger partial charge on any atom is 0.223 e. The molecule has 0 saturated carbocycles. The largest absolute Gasteiger partial charge is 0.491 e. The van der Waals surface area contributed by atoms with E-state index in [0.29, 0.717) is 17.1 Å². The lowest BCUT2D eigenvalue weighted by atomic mass is 9.79. The number of nitrogens with one attached hydrogen (secondary N) is 1. The molecular weight excluding hydrogens is 374 g/mol. The summed E-state index contributed by atoms with van der Waals surface area (Å²) in [6.45, 7) is 10.9. The van der Waals surface area contributed by atoms with E-state index >= 15 is 0 Å². The van der Waals surface area contributed by atoms with Crippen LogP contribution in [0.25, 0.3) is 0 Å². The third kappa shape index (κ3) is 4.79. The van der Waals surface area contributed by atoms with Gasteiger partial charge >= 0.3 is 0 Å². The normalized spacial score (nSPS) is 22.8. The van der Waals surface area contributed by atoms with Gasteiger partial charge in [0.2, 0.25) is 5.43 Å². The fourth-order valence-corrected chi connectivity index (χ4v) is 5.20. The molecule has 5 nitrogen and oxygen atoms in total. The number of hydrogen-bond acceptors (Lipinski definition) is 4. The van der Waals surface area contributed by atoms with Gasteiger partial charge < -0.3 is 9.72 Å². The van der Waals surface area contributed by atoms with Gasteiger partial charge in [0, 0.05) is 44.1 Å². The number of piperidine rings is 1. The quantitative estimate of drug-likeness (QED) is 0.784. The zero-order chi connectivity index (χ0) is 21.1. The predicted octanol–water partition coefficient (Wildman–Crippen LogP) is 4.00. The molecule has 30 heavy (non-hydrogen) atoms. The van der Waals surface area contributed by atoms with Crippen LogP contribution < -0.4 is 10.2 Å². The van der Waals surface area contributed by atoms with E-state index in [-0.39, 0.29) is 5.43 Å². The Morgan fingerprint density at radius 3 is 2.47 bits per heavy atom. The lowest BCUT2D eigenvalue weighted by Crippen LogP contribution is -2.44. The van der Waals surface area contributed by atoms with Gasteiger partial charge in [-0.05, 0) is 54.8 Å². The van der Waals surface area contributed by atoms with E-state index < -0.39 is 0 Å². The maximum atomic E-state index is 12.0. The van der Waals surface area contributed by atoms with E-state index in [1.165, 1.54) is 50.6 Å². The summed E-state index contributed by atoms with van der Waals surface area (Å²) in [6, 6.07) is 10.9. The molecule has 4 rings (SSSR count). The number of methoxy groups -OCH3 is 1. The van der Waals surface area contributed by atoms with Gasteiger partial charge in [0.15, 0.2) is 5.75 Å². The molecule has 0 unspecified atom stereocenters. The van der Waals surface area contributed by atoms with Gasteiger partial charge in [0.05, 0.1) is 7.11 Å². The molecule has 2 saturated heterocycles. The van der Waals surface area contributed by atoms with Crippen molar-refractivity contribution < 1.29 is 4.74 Å². The Morgan fingerprint density at radius 1 is 1.07 bits per heavy atom. The summed E-state index contributed by atoms with van der Waals surface area (Å²) in [5.74, 6) is 0.961. The van der Waals surface area contributed by atoms with Crippen LogP contribution >= 0.6 is 0 Å². The van der Waals surface area contributed by atoms with Crippen LogP contribution in [-0.2, 0) is 13.1 Å². The molecule has 1 aromatic carbocycles. The molecule has 1 N–H and O–H groups in total. The number of benzene rings is 1. The summed E-state index contributed by atoms with van der Waals surface area (Å²) < 4.78 is 5.08. The second-order valence-electron chi connectivity index (χ2n) is 9.56. The Kier molecular flexibility index (Phi) is 6.30. The first-order valence-electron chi connectivity index (χ1n) is 11.3. The molecule has 2 fully saturated rings. The molecule has 1 spiro atoms. The number of H-pyrrole nitrogens is 1. The van der Waals surface area contributed by atoms with E-state index in [2.05, 4.69) is 52.9 Å². The summed E-state index contributed by atoms with van der Waals surface area (Å²) >= 11 is 0. The molecule has 1 aromatic heterocycles. The molecule has 0 radical (unpaired) electrons. The van der Waals surface area contributed by atoms with Crippen LogP contribution in [0.2, 0.25) is 0 Å². The van der Waals surface area contributed by atoms with Crippen LogP contribution in [0.1, 0.15) is 55.8 Å². The molecule has 1 atom stereocenters. The second-order valence-corrected chi connectivity index (χ2v) is 9.56. The van der Waals surface area contributed by atoms with Crippen LogP contribution in [0.4, 0.5) is 0 Å². The Balaban J connectivity index is 1.35. The minimum Gasteiger partial charge on any atom is -0.491 e. The van der Waals surface area contributed by atoms with Gasteiger partial charge in [-0.15, -0.1) is 0 Å². The molecule has 162 valence electrons. The van der Waals surface area contributed by atoms with Gasteiger partial charge in [0.25, 0.3) is 0 Å². The van der Waals surface area contributed by atoms with Crippen molar-refractivity contribution in [2.45, 2.75) is 52.1 Å². The van der Waals surface area contributed by atoms with Crippen molar-refractivity contribution in [3.63, 3.8) is 0 Å². The fraction of sp³-hybridized carbons (Fsp3) is 0.560. The van der Waals surface area contributed by atoms with E-state index in [1.807, 2.05) is 0 Å². The monoisotopic (exact) mass is 409 g/mol. The average molecular weight is 410 g/mol. The van der Waals surface area contributed by atoms with E-state index in [4.69, 9.17) is 4.74 Å². The predicted molar refractivity (Wildman–Crippen MR) is 121 cm³/mol. The summed E-state index contributed by atoms with van der Waals surface area (Å²) in [4.78, 5) is 20.4. The van der Waals surface area contributed by atoms with Crippen molar-refractivity contribution in [3.8, 4) is 5.75 Å². The number of aromatic nitrogens is 1. The first kappa shape index (κ1) is 21.1.